The Labute approximate surface area is 147 Å². The lowest BCUT2D eigenvalue weighted by Gasteiger charge is -2.47. The molecule has 0 aromatic carbocycles. The van der Waals surface area contributed by atoms with Crippen LogP contribution in [-0.4, -0.2) is 73.9 Å². The summed E-state index contributed by atoms with van der Waals surface area (Å²) in [5.74, 6) is 0.862. The first-order valence-electron chi connectivity index (χ1n) is 9.01. The number of likely N-dealkylation sites (tertiary alicyclic amines) is 1. The van der Waals surface area contributed by atoms with Crippen molar-refractivity contribution in [2.24, 2.45) is 5.92 Å². The van der Waals surface area contributed by atoms with E-state index in [9.17, 15) is 4.79 Å². The van der Waals surface area contributed by atoms with Gasteiger partial charge in [0.2, 0.25) is 0 Å². The van der Waals surface area contributed by atoms with E-state index in [0.717, 1.165) is 57.1 Å². The molecule has 1 spiro atoms. The van der Waals surface area contributed by atoms with E-state index in [1.165, 1.54) is 17.8 Å². The molecule has 0 saturated carbocycles. The lowest BCUT2D eigenvalue weighted by molar-refractivity contribution is -0.128. The number of thiophene rings is 1. The largest absolute Gasteiger partial charge is 0.381 e. The van der Waals surface area contributed by atoms with Crippen molar-refractivity contribution in [3.63, 3.8) is 0 Å². The van der Waals surface area contributed by atoms with Crippen LogP contribution in [0.1, 0.15) is 28.9 Å². The van der Waals surface area contributed by atoms with Gasteiger partial charge in [-0.15, -0.1) is 11.3 Å². The van der Waals surface area contributed by atoms with E-state index in [4.69, 9.17) is 9.47 Å². The number of piperidine rings is 1. The first-order valence-corrected chi connectivity index (χ1v) is 9.89. The Morgan fingerprint density at radius 1 is 1.29 bits per heavy atom. The van der Waals surface area contributed by atoms with Gasteiger partial charge in [-0.2, -0.15) is 0 Å². The topological polar surface area (TPSA) is 42.0 Å². The number of rotatable bonds is 3. The highest BCUT2D eigenvalue weighted by Gasteiger charge is 2.41. The highest BCUT2D eigenvalue weighted by atomic mass is 32.1. The molecular weight excluding hydrogens is 324 g/mol. The van der Waals surface area contributed by atoms with Crippen molar-refractivity contribution in [3.05, 3.63) is 22.4 Å². The summed E-state index contributed by atoms with van der Waals surface area (Å²) in [5.41, 5.74) is -0.131. The number of morpholine rings is 1. The van der Waals surface area contributed by atoms with E-state index < -0.39 is 0 Å². The third-order valence-corrected chi connectivity index (χ3v) is 6.43. The molecule has 3 fully saturated rings. The van der Waals surface area contributed by atoms with Gasteiger partial charge in [0.05, 0.1) is 30.2 Å². The monoisotopic (exact) mass is 350 g/mol. The fourth-order valence-corrected chi connectivity index (χ4v) is 4.80. The molecule has 5 nitrogen and oxygen atoms in total. The quantitative estimate of drug-likeness (QED) is 0.837. The number of hydrogen-bond acceptors (Lipinski definition) is 5. The minimum atomic E-state index is -0.131. The lowest BCUT2D eigenvalue weighted by Crippen LogP contribution is -2.58. The molecule has 3 aliphatic heterocycles. The summed E-state index contributed by atoms with van der Waals surface area (Å²) in [7, 11) is 0. The number of hydrogen-bond donors (Lipinski definition) is 0. The zero-order valence-corrected chi connectivity index (χ0v) is 14.9. The van der Waals surface area contributed by atoms with E-state index in [1.807, 2.05) is 22.4 Å². The first-order chi connectivity index (χ1) is 11.7. The van der Waals surface area contributed by atoms with E-state index in [2.05, 4.69) is 4.90 Å². The van der Waals surface area contributed by atoms with E-state index >= 15 is 0 Å². The second kappa shape index (κ2) is 7.12. The van der Waals surface area contributed by atoms with E-state index in [-0.39, 0.29) is 11.5 Å². The highest BCUT2D eigenvalue weighted by Crippen LogP contribution is 2.31. The number of carbonyl (C=O) groups excluding carboxylic acids is 1. The minimum Gasteiger partial charge on any atom is -0.381 e. The predicted octanol–water partition coefficient (Wildman–Crippen LogP) is 2.09. The molecule has 4 heterocycles. The number of carbonyl (C=O) groups is 1. The molecule has 0 unspecified atom stereocenters. The van der Waals surface area contributed by atoms with Gasteiger partial charge in [-0.3, -0.25) is 4.79 Å². The zero-order chi connectivity index (χ0) is 16.4. The normalized spacial score (nSPS) is 27.7. The van der Waals surface area contributed by atoms with Crippen LogP contribution in [0, 0.1) is 5.92 Å². The van der Waals surface area contributed by atoms with Crippen LogP contribution < -0.4 is 0 Å². The second-order valence-electron chi connectivity index (χ2n) is 7.27. The first kappa shape index (κ1) is 16.5. The van der Waals surface area contributed by atoms with E-state index in [1.54, 1.807) is 0 Å². The summed E-state index contributed by atoms with van der Waals surface area (Å²) in [4.78, 5) is 18.0. The van der Waals surface area contributed by atoms with Gasteiger partial charge in [-0.1, -0.05) is 6.07 Å². The standard InChI is InChI=1S/C18H26N2O3S/c21-17(16-2-1-11-24-16)20-8-10-23-18(14-20)4-6-19(7-5-18)12-15-3-9-22-13-15/h1-2,11,15H,3-10,12-14H2/t15-/m1/s1. The fourth-order valence-electron chi connectivity index (χ4n) is 4.11. The smallest absolute Gasteiger partial charge is 0.264 e. The van der Waals surface area contributed by atoms with Crippen molar-refractivity contribution in [2.75, 3.05) is 52.5 Å². The molecule has 24 heavy (non-hydrogen) atoms. The van der Waals surface area contributed by atoms with Crippen molar-refractivity contribution >= 4 is 17.2 Å². The van der Waals surface area contributed by atoms with Crippen LogP contribution in [0.4, 0.5) is 0 Å². The minimum absolute atomic E-state index is 0.131. The third-order valence-electron chi connectivity index (χ3n) is 5.58. The van der Waals surface area contributed by atoms with Gasteiger partial charge in [-0.05, 0) is 36.6 Å². The summed E-state index contributed by atoms with van der Waals surface area (Å²) in [5, 5.41) is 1.97. The number of nitrogens with zero attached hydrogens (tertiary/aromatic N) is 2. The predicted molar refractivity (Wildman–Crippen MR) is 93.5 cm³/mol. The molecule has 0 N–H and O–H groups in total. The molecule has 6 heteroatoms. The van der Waals surface area contributed by atoms with Crippen LogP contribution in [0.2, 0.25) is 0 Å². The Morgan fingerprint density at radius 2 is 2.17 bits per heavy atom. The molecule has 3 aliphatic rings. The molecule has 132 valence electrons. The van der Waals surface area contributed by atoms with Gasteiger partial charge in [0.15, 0.2) is 0 Å². The van der Waals surface area contributed by atoms with Crippen molar-refractivity contribution < 1.29 is 14.3 Å². The van der Waals surface area contributed by atoms with Crippen LogP contribution in [0.3, 0.4) is 0 Å². The number of amides is 1. The highest BCUT2D eigenvalue weighted by molar-refractivity contribution is 7.12. The Bertz CT molecular complexity index is 549. The maximum Gasteiger partial charge on any atom is 0.264 e. The van der Waals surface area contributed by atoms with Crippen LogP contribution >= 0.6 is 11.3 Å². The van der Waals surface area contributed by atoms with Crippen molar-refractivity contribution in [1.82, 2.24) is 9.80 Å². The Hall–Kier alpha value is -0.950. The maximum absolute atomic E-state index is 12.6. The van der Waals surface area contributed by atoms with Gasteiger partial charge in [0.1, 0.15) is 0 Å². The Morgan fingerprint density at radius 3 is 2.88 bits per heavy atom. The Balaban J connectivity index is 1.33. The molecule has 0 bridgehead atoms. The fraction of sp³-hybridized carbons (Fsp3) is 0.722. The Kier molecular flexibility index (Phi) is 4.90. The molecule has 0 radical (unpaired) electrons. The molecule has 1 amide bonds. The van der Waals surface area contributed by atoms with Crippen molar-refractivity contribution in [1.29, 1.82) is 0 Å². The summed E-state index contributed by atoms with van der Waals surface area (Å²) in [6.45, 7) is 7.23. The number of ether oxygens (including phenoxy) is 2. The maximum atomic E-state index is 12.6. The summed E-state index contributed by atoms with van der Waals surface area (Å²) in [6, 6.07) is 3.86. The lowest BCUT2D eigenvalue weighted by atomic mass is 9.88. The molecular formula is C18H26N2O3S. The summed E-state index contributed by atoms with van der Waals surface area (Å²) in [6.07, 6.45) is 3.24. The summed E-state index contributed by atoms with van der Waals surface area (Å²) >= 11 is 1.53. The van der Waals surface area contributed by atoms with Gasteiger partial charge in [0.25, 0.3) is 5.91 Å². The molecule has 0 aliphatic carbocycles. The van der Waals surface area contributed by atoms with Crippen LogP contribution in [0.25, 0.3) is 0 Å². The van der Waals surface area contributed by atoms with Gasteiger partial charge < -0.3 is 19.3 Å². The van der Waals surface area contributed by atoms with Crippen molar-refractivity contribution in [3.8, 4) is 0 Å². The van der Waals surface area contributed by atoms with Gasteiger partial charge in [-0.25, -0.2) is 0 Å². The van der Waals surface area contributed by atoms with Crippen LogP contribution in [0.15, 0.2) is 17.5 Å². The zero-order valence-electron chi connectivity index (χ0n) is 14.1. The molecule has 1 aromatic heterocycles. The average molecular weight is 350 g/mol. The summed E-state index contributed by atoms with van der Waals surface area (Å²) < 4.78 is 11.7. The van der Waals surface area contributed by atoms with Crippen molar-refractivity contribution in [2.45, 2.75) is 24.9 Å². The van der Waals surface area contributed by atoms with Gasteiger partial charge >= 0.3 is 0 Å². The second-order valence-corrected chi connectivity index (χ2v) is 8.21. The molecule has 1 aromatic rings. The average Bonchev–Trinajstić information content (AvgIpc) is 3.30. The third kappa shape index (κ3) is 3.52. The van der Waals surface area contributed by atoms with E-state index in [0.29, 0.717) is 19.1 Å². The molecule has 1 atom stereocenters. The van der Waals surface area contributed by atoms with Crippen LogP contribution in [-0.2, 0) is 9.47 Å². The van der Waals surface area contributed by atoms with Crippen LogP contribution in [0.5, 0.6) is 0 Å². The molecule has 3 saturated heterocycles. The SMILES string of the molecule is O=C(c1cccs1)N1CCOC2(CCN(C[C@H]3CCOC3)CC2)C1. The molecule has 4 rings (SSSR count). The van der Waals surface area contributed by atoms with Gasteiger partial charge in [0, 0.05) is 32.8 Å².